The normalized spacial score (nSPS) is 15.0. The molecule has 2 aromatic heterocycles. The van der Waals surface area contributed by atoms with Crippen LogP contribution in [0.4, 0.5) is 0 Å². The second-order valence-electron chi connectivity index (χ2n) is 11.1. The quantitative estimate of drug-likeness (QED) is 0.231. The number of furan rings is 1. The fourth-order valence-corrected chi connectivity index (χ4v) is 6.43. The van der Waals surface area contributed by atoms with Gasteiger partial charge in [-0.2, -0.15) is 0 Å². The highest BCUT2D eigenvalue weighted by atomic mass is 16.3. The van der Waals surface area contributed by atoms with E-state index in [1.54, 1.807) is 0 Å². The van der Waals surface area contributed by atoms with Gasteiger partial charge in [0.25, 0.3) is 0 Å². The van der Waals surface area contributed by atoms with Crippen molar-refractivity contribution >= 4 is 55.4 Å². The first-order valence-electron chi connectivity index (χ1n) is 14.8. The predicted octanol–water partition coefficient (Wildman–Crippen LogP) is 9.18. The molecule has 5 nitrogen and oxygen atoms in total. The monoisotopic (exact) mass is 566 g/mol. The Bertz CT molecular complexity index is 2360. The number of nitrogens with one attached hydrogen (secondary N) is 1. The van der Waals surface area contributed by atoms with Crippen LogP contribution in [0.2, 0.25) is 0 Å². The Hall–Kier alpha value is -5.94. The average molecular weight is 567 g/mol. The molecule has 44 heavy (non-hydrogen) atoms. The number of hydrogen-bond acceptors (Lipinski definition) is 4. The lowest BCUT2D eigenvalue weighted by Crippen LogP contribution is -2.33. The van der Waals surface area contributed by atoms with Gasteiger partial charge in [0, 0.05) is 43.9 Å². The van der Waals surface area contributed by atoms with Crippen molar-refractivity contribution in [2.75, 3.05) is 0 Å². The zero-order valence-corrected chi connectivity index (χ0v) is 23.7. The van der Waals surface area contributed by atoms with Gasteiger partial charge in [-0.05, 0) is 30.3 Å². The molecule has 1 atom stereocenters. The molecule has 1 unspecified atom stereocenters. The summed E-state index contributed by atoms with van der Waals surface area (Å²) in [5.41, 5.74) is 8.08. The maximum atomic E-state index is 6.61. The minimum Gasteiger partial charge on any atom is -0.456 e. The van der Waals surface area contributed by atoms with Crippen molar-refractivity contribution in [3.8, 4) is 5.69 Å². The topological polar surface area (TPSA) is 54.8 Å². The standard InChI is InChI=1S/C39H26N4O/c1-3-12-25(13-4-1)37-40-38(26-14-5-2-6-15-26)42-39(41-37)31-19-11-18-30-32-24-27(22-23-35(32)44-36(30)31)43-33-20-9-7-16-28(33)29-17-8-10-21-34(29)43/h1-24,39H,(H,40,41,42). The summed E-state index contributed by atoms with van der Waals surface area (Å²) in [7, 11) is 0. The third-order valence-corrected chi connectivity index (χ3v) is 8.47. The second-order valence-corrected chi connectivity index (χ2v) is 11.1. The van der Waals surface area contributed by atoms with Crippen LogP contribution in [0.1, 0.15) is 22.9 Å². The van der Waals surface area contributed by atoms with Gasteiger partial charge in [0.15, 0.2) is 12.0 Å². The Morgan fingerprint density at radius 3 is 1.93 bits per heavy atom. The Kier molecular flexibility index (Phi) is 5.50. The number of para-hydroxylation sites is 3. The number of benzene rings is 6. The van der Waals surface area contributed by atoms with Gasteiger partial charge in [0.05, 0.1) is 11.0 Å². The molecule has 0 fully saturated rings. The number of aromatic nitrogens is 1. The van der Waals surface area contributed by atoms with E-state index in [2.05, 4.69) is 107 Å². The van der Waals surface area contributed by atoms with Crippen molar-refractivity contribution in [1.82, 2.24) is 9.88 Å². The maximum Gasteiger partial charge on any atom is 0.159 e. The van der Waals surface area contributed by atoms with Gasteiger partial charge >= 0.3 is 0 Å². The van der Waals surface area contributed by atoms with Crippen molar-refractivity contribution in [1.29, 1.82) is 0 Å². The van der Waals surface area contributed by atoms with E-state index in [1.165, 1.54) is 21.8 Å². The summed E-state index contributed by atoms with van der Waals surface area (Å²) >= 11 is 0. The molecule has 0 radical (unpaired) electrons. The van der Waals surface area contributed by atoms with Gasteiger partial charge in [-0.25, -0.2) is 9.98 Å². The number of hydrogen-bond donors (Lipinski definition) is 1. The summed E-state index contributed by atoms with van der Waals surface area (Å²) in [5, 5.41) is 8.21. The van der Waals surface area contributed by atoms with E-state index in [0.29, 0.717) is 5.84 Å². The molecule has 5 heteroatoms. The summed E-state index contributed by atoms with van der Waals surface area (Å²) in [6, 6.07) is 50.3. The minimum atomic E-state index is -0.376. The van der Waals surface area contributed by atoms with E-state index in [9.17, 15) is 0 Å². The lowest BCUT2D eigenvalue weighted by molar-refractivity contribution is 0.628. The van der Waals surface area contributed by atoms with Crippen LogP contribution in [-0.4, -0.2) is 16.2 Å². The predicted molar refractivity (Wildman–Crippen MR) is 180 cm³/mol. The van der Waals surface area contributed by atoms with E-state index in [4.69, 9.17) is 14.4 Å². The van der Waals surface area contributed by atoms with Crippen LogP contribution in [0.15, 0.2) is 160 Å². The van der Waals surface area contributed by atoms with Gasteiger partial charge < -0.3 is 14.3 Å². The lowest BCUT2D eigenvalue weighted by atomic mass is 10.1. The molecule has 1 aliphatic heterocycles. The highest BCUT2D eigenvalue weighted by Crippen LogP contribution is 2.38. The Morgan fingerprint density at radius 1 is 0.568 bits per heavy atom. The second kappa shape index (κ2) is 9.82. The van der Waals surface area contributed by atoms with Crippen molar-refractivity contribution in [2.24, 2.45) is 9.98 Å². The molecular formula is C39H26N4O. The third kappa shape index (κ3) is 3.87. The fraction of sp³-hybridized carbons (Fsp3) is 0.0256. The number of aliphatic imine (C=N–C) groups is 2. The number of amidine groups is 2. The first-order valence-corrected chi connectivity index (χ1v) is 14.8. The molecule has 8 aromatic rings. The summed E-state index contributed by atoms with van der Waals surface area (Å²) in [6.45, 7) is 0. The SMILES string of the molecule is c1ccc(C2=NC(c3cccc4c3oc3ccc(-n5c6ccccc6c6ccccc65)cc34)NC(c3ccccc3)=N2)cc1. The van der Waals surface area contributed by atoms with Crippen LogP contribution in [0.25, 0.3) is 49.4 Å². The van der Waals surface area contributed by atoms with Crippen LogP contribution in [0.3, 0.4) is 0 Å². The first kappa shape index (κ1) is 24.6. The molecule has 6 aromatic carbocycles. The fourth-order valence-electron chi connectivity index (χ4n) is 6.43. The summed E-state index contributed by atoms with van der Waals surface area (Å²) < 4.78 is 8.95. The molecule has 0 spiro atoms. The highest BCUT2D eigenvalue weighted by Gasteiger charge is 2.24. The minimum absolute atomic E-state index is 0.376. The number of rotatable bonds is 4. The van der Waals surface area contributed by atoms with E-state index in [0.717, 1.165) is 50.2 Å². The Morgan fingerprint density at radius 2 is 1.20 bits per heavy atom. The summed E-state index contributed by atoms with van der Waals surface area (Å²) in [4.78, 5) is 10.0. The molecular weight excluding hydrogens is 540 g/mol. The van der Waals surface area contributed by atoms with Crippen molar-refractivity contribution in [2.45, 2.75) is 6.17 Å². The van der Waals surface area contributed by atoms with Crippen molar-refractivity contribution in [3.05, 3.63) is 162 Å². The molecule has 9 rings (SSSR count). The summed E-state index contributed by atoms with van der Waals surface area (Å²) in [6.07, 6.45) is -0.376. The van der Waals surface area contributed by atoms with Crippen LogP contribution in [0, 0.1) is 0 Å². The number of fused-ring (bicyclic) bond motifs is 6. The van der Waals surface area contributed by atoms with E-state index in [1.807, 2.05) is 48.5 Å². The molecule has 1 aliphatic rings. The molecule has 0 saturated carbocycles. The zero-order chi connectivity index (χ0) is 29.0. The van der Waals surface area contributed by atoms with Crippen LogP contribution < -0.4 is 5.32 Å². The van der Waals surface area contributed by atoms with Gasteiger partial charge in [-0.1, -0.05) is 115 Å². The Labute approximate surface area is 253 Å². The van der Waals surface area contributed by atoms with Crippen LogP contribution in [-0.2, 0) is 0 Å². The molecule has 1 N–H and O–H groups in total. The van der Waals surface area contributed by atoms with E-state index in [-0.39, 0.29) is 6.17 Å². The lowest BCUT2D eigenvalue weighted by Gasteiger charge is -2.23. The van der Waals surface area contributed by atoms with Crippen LogP contribution >= 0.6 is 0 Å². The molecule has 0 amide bonds. The molecule has 208 valence electrons. The maximum absolute atomic E-state index is 6.61. The van der Waals surface area contributed by atoms with E-state index < -0.39 is 0 Å². The van der Waals surface area contributed by atoms with Gasteiger partial charge in [0.2, 0.25) is 0 Å². The first-order chi connectivity index (χ1) is 21.8. The smallest absolute Gasteiger partial charge is 0.159 e. The van der Waals surface area contributed by atoms with Crippen molar-refractivity contribution in [3.63, 3.8) is 0 Å². The van der Waals surface area contributed by atoms with Gasteiger partial charge in [0.1, 0.15) is 17.0 Å². The summed E-state index contributed by atoms with van der Waals surface area (Å²) in [5.74, 6) is 1.47. The number of nitrogens with zero attached hydrogens (tertiary/aromatic N) is 3. The van der Waals surface area contributed by atoms with Gasteiger partial charge in [-0.15, -0.1) is 0 Å². The zero-order valence-electron chi connectivity index (χ0n) is 23.7. The highest BCUT2D eigenvalue weighted by molar-refractivity contribution is 6.14. The van der Waals surface area contributed by atoms with E-state index >= 15 is 0 Å². The third-order valence-electron chi connectivity index (χ3n) is 8.47. The largest absolute Gasteiger partial charge is 0.456 e. The average Bonchev–Trinajstić information content (AvgIpc) is 3.64. The molecule has 0 saturated heterocycles. The molecule has 0 aliphatic carbocycles. The van der Waals surface area contributed by atoms with Crippen molar-refractivity contribution < 1.29 is 4.42 Å². The Balaban J connectivity index is 1.21. The van der Waals surface area contributed by atoms with Crippen LogP contribution in [0.5, 0.6) is 0 Å². The van der Waals surface area contributed by atoms with Gasteiger partial charge in [-0.3, -0.25) is 0 Å². The molecule has 0 bridgehead atoms. The molecule has 3 heterocycles.